The van der Waals surface area contributed by atoms with E-state index in [2.05, 4.69) is 47.1 Å². The Morgan fingerprint density at radius 1 is 0.786 bits per heavy atom. The molecule has 1 aliphatic heterocycles. The lowest BCUT2D eigenvalue weighted by molar-refractivity contribution is -0.254. The maximum atomic E-state index is 12.3. The molecular weight excluding hydrogens is 612 g/mol. The number of aryl methyl sites for hydroxylation is 1. The summed E-state index contributed by atoms with van der Waals surface area (Å²) in [7, 11) is 0. The molecule has 10 nitrogen and oxygen atoms in total. The van der Waals surface area contributed by atoms with Gasteiger partial charge in [0.25, 0.3) is 0 Å². The van der Waals surface area contributed by atoms with E-state index in [0.29, 0.717) is 24.3 Å². The fourth-order valence-electron chi connectivity index (χ4n) is 4.85. The summed E-state index contributed by atoms with van der Waals surface area (Å²) >= 11 is 3.66. The van der Waals surface area contributed by atoms with Crippen molar-refractivity contribution in [2.75, 3.05) is 13.2 Å². The minimum absolute atomic E-state index is 0.314. The molecule has 1 saturated heterocycles. The summed E-state index contributed by atoms with van der Waals surface area (Å²) in [5.41, 5.74) is 3.70. The van der Waals surface area contributed by atoms with Gasteiger partial charge < -0.3 is 28.4 Å². The fraction of sp³-hybridized carbons (Fsp3) is 0.484. The van der Waals surface area contributed by atoms with Gasteiger partial charge in [0.1, 0.15) is 24.6 Å². The average Bonchev–Trinajstić information content (AvgIpc) is 2.91. The highest BCUT2D eigenvalue weighted by Crippen LogP contribution is 2.43. The first-order chi connectivity index (χ1) is 19.9. The van der Waals surface area contributed by atoms with Crippen LogP contribution >= 0.6 is 15.9 Å². The molecule has 0 spiro atoms. The Hall–Kier alpha value is -3.44. The third kappa shape index (κ3) is 8.78. The Bertz CT molecular complexity index is 1280. The molecule has 0 unspecified atom stereocenters. The Morgan fingerprint density at radius 3 is 1.90 bits per heavy atom. The standard InChI is InChI=1S/C31H37BrO10/c1-7-21-9-11-22(12-10-21)13-23-14-24(26(37-8-2)15-25(23)32)28-30(40-19(5)35)31(41-20(6)36)29(39-18(4)34)27(42-28)16-38-17(3)33/h9-12,14-15,27-31H,7-8,13,16H2,1-6H3/t27-,28+,29-,30+,31+/m1/s1. The topological polar surface area (TPSA) is 124 Å². The lowest BCUT2D eigenvalue weighted by atomic mass is 9.88. The number of halogens is 1. The molecule has 0 bridgehead atoms. The van der Waals surface area contributed by atoms with E-state index >= 15 is 0 Å². The van der Waals surface area contributed by atoms with Crippen molar-refractivity contribution in [2.45, 2.75) is 84.9 Å². The number of ether oxygens (including phenoxy) is 6. The molecule has 0 aromatic heterocycles. The molecule has 0 N–H and O–H groups in total. The molecule has 1 aliphatic rings. The van der Waals surface area contributed by atoms with Gasteiger partial charge in [0.2, 0.25) is 0 Å². The maximum Gasteiger partial charge on any atom is 0.303 e. The van der Waals surface area contributed by atoms with Gasteiger partial charge in [0.05, 0.1) is 6.61 Å². The van der Waals surface area contributed by atoms with Crippen LogP contribution in [0.2, 0.25) is 0 Å². The zero-order valence-electron chi connectivity index (χ0n) is 24.6. The molecule has 0 radical (unpaired) electrons. The van der Waals surface area contributed by atoms with Crippen LogP contribution in [0.1, 0.15) is 69.9 Å². The van der Waals surface area contributed by atoms with E-state index in [-0.39, 0.29) is 6.61 Å². The smallest absolute Gasteiger partial charge is 0.303 e. The highest BCUT2D eigenvalue weighted by atomic mass is 79.9. The van der Waals surface area contributed by atoms with E-state index in [4.69, 9.17) is 28.4 Å². The van der Waals surface area contributed by atoms with Crippen molar-refractivity contribution in [3.8, 4) is 5.75 Å². The van der Waals surface area contributed by atoms with Crippen molar-refractivity contribution in [3.05, 3.63) is 63.1 Å². The molecule has 3 rings (SSSR count). The van der Waals surface area contributed by atoms with Crippen LogP contribution < -0.4 is 4.74 Å². The second-order valence-corrected chi connectivity index (χ2v) is 10.7. The summed E-state index contributed by atoms with van der Waals surface area (Å²) < 4.78 is 35.2. The number of hydrogen-bond acceptors (Lipinski definition) is 10. The molecule has 2 aromatic carbocycles. The number of carbonyl (C=O) groups excluding carboxylic acids is 4. The maximum absolute atomic E-state index is 12.3. The number of hydrogen-bond donors (Lipinski definition) is 0. The Balaban J connectivity index is 2.17. The van der Waals surface area contributed by atoms with Crippen molar-refractivity contribution in [3.63, 3.8) is 0 Å². The minimum atomic E-state index is -1.28. The van der Waals surface area contributed by atoms with Crippen molar-refractivity contribution in [1.29, 1.82) is 0 Å². The minimum Gasteiger partial charge on any atom is -0.493 e. The van der Waals surface area contributed by atoms with Gasteiger partial charge in [-0.1, -0.05) is 47.1 Å². The molecule has 1 fully saturated rings. The van der Waals surface area contributed by atoms with E-state index in [1.54, 1.807) is 0 Å². The largest absolute Gasteiger partial charge is 0.493 e. The van der Waals surface area contributed by atoms with Gasteiger partial charge in [-0.15, -0.1) is 0 Å². The molecule has 1 heterocycles. The Labute approximate surface area is 254 Å². The fourth-order valence-corrected chi connectivity index (χ4v) is 5.31. The molecule has 0 amide bonds. The normalized spacial score (nSPS) is 21.6. The first-order valence-electron chi connectivity index (χ1n) is 13.8. The van der Waals surface area contributed by atoms with Crippen LogP contribution in [0.4, 0.5) is 0 Å². The van der Waals surface area contributed by atoms with Gasteiger partial charge in [0.15, 0.2) is 18.3 Å². The quantitative estimate of drug-likeness (QED) is 0.248. The molecular formula is C31H37BrO10. The summed E-state index contributed by atoms with van der Waals surface area (Å²) in [5.74, 6) is -2.20. The van der Waals surface area contributed by atoms with Crippen LogP contribution in [0.3, 0.4) is 0 Å². The third-order valence-electron chi connectivity index (χ3n) is 6.60. The van der Waals surface area contributed by atoms with Gasteiger partial charge in [-0.3, -0.25) is 19.2 Å². The summed E-state index contributed by atoms with van der Waals surface area (Å²) in [6, 6.07) is 12.0. The first-order valence-corrected chi connectivity index (χ1v) is 14.6. The Kier molecular flexibility index (Phi) is 11.9. The lowest BCUT2D eigenvalue weighted by Crippen LogP contribution is -2.59. The van der Waals surface area contributed by atoms with Crippen molar-refractivity contribution < 1.29 is 47.6 Å². The molecule has 42 heavy (non-hydrogen) atoms. The van der Waals surface area contributed by atoms with Crippen LogP contribution in [0.15, 0.2) is 40.9 Å². The SMILES string of the molecule is CCOc1cc(Br)c(Cc2ccc(CC)cc2)cc1[C@@H]1O[C@H](COC(C)=O)[C@@H](OC(C)=O)[C@H](OC(C)=O)[C@H]1OC(C)=O. The highest BCUT2D eigenvalue weighted by molar-refractivity contribution is 9.10. The zero-order chi connectivity index (χ0) is 31.0. The van der Waals surface area contributed by atoms with Gasteiger partial charge in [-0.25, -0.2) is 0 Å². The predicted molar refractivity (Wildman–Crippen MR) is 155 cm³/mol. The van der Waals surface area contributed by atoms with E-state index in [1.165, 1.54) is 33.3 Å². The summed E-state index contributed by atoms with van der Waals surface area (Å²) in [4.78, 5) is 48.4. The van der Waals surface area contributed by atoms with Crippen LogP contribution in [0.25, 0.3) is 0 Å². The number of benzene rings is 2. The van der Waals surface area contributed by atoms with Crippen molar-refractivity contribution >= 4 is 39.8 Å². The second kappa shape index (κ2) is 15.2. The van der Waals surface area contributed by atoms with Gasteiger partial charge in [-0.2, -0.15) is 0 Å². The van der Waals surface area contributed by atoms with E-state index < -0.39 is 54.4 Å². The molecule has 228 valence electrons. The second-order valence-electron chi connectivity index (χ2n) is 9.88. The predicted octanol–water partition coefficient (Wildman–Crippen LogP) is 4.80. The summed E-state index contributed by atoms with van der Waals surface area (Å²) in [5, 5.41) is 0. The summed E-state index contributed by atoms with van der Waals surface area (Å²) in [6.07, 6.45) is -4.38. The van der Waals surface area contributed by atoms with Crippen molar-refractivity contribution in [2.24, 2.45) is 0 Å². The van der Waals surface area contributed by atoms with Crippen molar-refractivity contribution in [1.82, 2.24) is 0 Å². The average molecular weight is 650 g/mol. The van der Waals surface area contributed by atoms with Gasteiger partial charge >= 0.3 is 23.9 Å². The molecule has 11 heteroatoms. The monoisotopic (exact) mass is 648 g/mol. The number of carbonyl (C=O) groups is 4. The Morgan fingerprint density at radius 2 is 1.36 bits per heavy atom. The third-order valence-corrected chi connectivity index (χ3v) is 7.34. The van der Waals surface area contributed by atoms with E-state index in [9.17, 15) is 19.2 Å². The molecule has 2 aromatic rings. The number of rotatable bonds is 11. The first kappa shape index (κ1) is 33.1. The van der Waals surface area contributed by atoms with Crippen LogP contribution in [0.5, 0.6) is 5.75 Å². The van der Waals surface area contributed by atoms with Crippen LogP contribution in [-0.2, 0) is 55.7 Å². The highest BCUT2D eigenvalue weighted by Gasteiger charge is 2.53. The molecule has 0 saturated carbocycles. The lowest BCUT2D eigenvalue weighted by Gasteiger charge is -2.45. The van der Waals surface area contributed by atoms with Gasteiger partial charge in [0, 0.05) is 37.7 Å². The van der Waals surface area contributed by atoms with E-state index in [1.807, 2.05) is 19.1 Å². The summed E-state index contributed by atoms with van der Waals surface area (Å²) in [6.45, 7) is 8.74. The molecule has 0 aliphatic carbocycles. The number of esters is 4. The molecule has 5 atom stereocenters. The van der Waals surface area contributed by atoms with Gasteiger partial charge in [-0.05, 0) is 48.6 Å². The van der Waals surface area contributed by atoms with Crippen LogP contribution in [-0.4, -0.2) is 61.5 Å². The van der Waals surface area contributed by atoms with Crippen LogP contribution in [0, 0.1) is 0 Å². The zero-order valence-corrected chi connectivity index (χ0v) is 26.2. The van der Waals surface area contributed by atoms with E-state index in [0.717, 1.165) is 22.0 Å².